The van der Waals surface area contributed by atoms with E-state index in [1.807, 2.05) is 0 Å². The highest BCUT2D eigenvalue weighted by Crippen LogP contribution is 2.22. The maximum absolute atomic E-state index is 10.5. The number of rotatable bonds is 5. The summed E-state index contributed by atoms with van der Waals surface area (Å²) in [5.41, 5.74) is 5.88. The zero-order valence-electron chi connectivity index (χ0n) is 8.30. The van der Waals surface area contributed by atoms with Gasteiger partial charge in [0.05, 0.1) is 11.0 Å². The van der Waals surface area contributed by atoms with Gasteiger partial charge in [0.25, 0.3) is 5.69 Å². The summed E-state index contributed by atoms with van der Waals surface area (Å²) in [6.45, 7) is 0.506. The average Bonchev–Trinajstić information content (AvgIpc) is 2.26. The fourth-order valence-electron chi connectivity index (χ4n) is 1.32. The lowest BCUT2D eigenvalue weighted by atomic mass is 10.0. The molecule has 0 aliphatic heterocycles. The standard InChI is InChI=1S/C10H14N2O3/c11-6-2-5-10(13)8-3-1-4-9(7-8)12(14)15/h1,3-4,7,10,13H,2,5-6,11H2. The van der Waals surface area contributed by atoms with Crippen LogP contribution in [0.4, 0.5) is 5.69 Å². The fraction of sp³-hybridized carbons (Fsp3) is 0.400. The fourth-order valence-corrected chi connectivity index (χ4v) is 1.32. The van der Waals surface area contributed by atoms with Crippen molar-refractivity contribution in [2.75, 3.05) is 6.54 Å². The molecule has 5 nitrogen and oxygen atoms in total. The molecule has 0 radical (unpaired) electrons. The van der Waals surface area contributed by atoms with Gasteiger partial charge in [-0.25, -0.2) is 0 Å². The molecule has 1 aromatic carbocycles. The van der Waals surface area contributed by atoms with Gasteiger partial charge in [-0.05, 0) is 24.9 Å². The molecule has 15 heavy (non-hydrogen) atoms. The normalized spacial score (nSPS) is 12.4. The van der Waals surface area contributed by atoms with E-state index in [0.29, 0.717) is 24.9 Å². The summed E-state index contributed by atoms with van der Waals surface area (Å²) in [5.74, 6) is 0. The van der Waals surface area contributed by atoms with E-state index in [2.05, 4.69) is 0 Å². The van der Waals surface area contributed by atoms with Crippen LogP contribution >= 0.6 is 0 Å². The molecule has 0 saturated heterocycles. The van der Waals surface area contributed by atoms with Crippen LogP contribution in [0.2, 0.25) is 0 Å². The Kier molecular flexibility index (Phi) is 4.20. The number of nitrogens with zero attached hydrogens (tertiary/aromatic N) is 1. The van der Waals surface area contributed by atoms with Crippen LogP contribution in [0, 0.1) is 10.1 Å². The third-order valence-corrected chi connectivity index (χ3v) is 2.15. The third-order valence-electron chi connectivity index (χ3n) is 2.15. The van der Waals surface area contributed by atoms with Crippen molar-refractivity contribution in [2.45, 2.75) is 18.9 Å². The number of aliphatic hydroxyl groups is 1. The van der Waals surface area contributed by atoms with Crippen LogP contribution in [0.5, 0.6) is 0 Å². The van der Waals surface area contributed by atoms with Crippen molar-refractivity contribution in [2.24, 2.45) is 5.73 Å². The lowest BCUT2D eigenvalue weighted by Gasteiger charge is -2.09. The van der Waals surface area contributed by atoms with Crippen LogP contribution in [0.1, 0.15) is 24.5 Å². The third kappa shape index (κ3) is 3.30. The number of aliphatic hydroxyl groups excluding tert-OH is 1. The monoisotopic (exact) mass is 210 g/mol. The quantitative estimate of drug-likeness (QED) is 0.567. The molecule has 0 amide bonds. The van der Waals surface area contributed by atoms with Gasteiger partial charge in [-0.1, -0.05) is 12.1 Å². The molecule has 0 heterocycles. The Morgan fingerprint density at radius 3 is 2.87 bits per heavy atom. The minimum Gasteiger partial charge on any atom is -0.388 e. The van der Waals surface area contributed by atoms with Gasteiger partial charge in [0.15, 0.2) is 0 Å². The Labute approximate surface area is 87.7 Å². The predicted octanol–water partition coefficient (Wildman–Crippen LogP) is 1.37. The summed E-state index contributed by atoms with van der Waals surface area (Å²) in [7, 11) is 0. The van der Waals surface area contributed by atoms with Gasteiger partial charge in [-0.15, -0.1) is 0 Å². The first kappa shape index (κ1) is 11.6. The van der Waals surface area contributed by atoms with Crippen molar-refractivity contribution >= 4 is 5.69 Å². The van der Waals surface area contributed by atoms with Crippen molar-refractivity contribution in [1.82, 2.24) is 0 Å². The number of benzene rings is 1. The molecule has 0 fully saturated rings. The van der Waals surface area contributed by atoms with Crippen molar-refractivity contribution in [1.29, 1.82) is 0 Å². The SMILES string of the molecule is NCCCC(O)c1cccc([N+](=O)[O-])c1. The van der Waals surface area contributed by atoms with Gasteiger partial charge in [0, 0.05) is 12.1 Å². The maximum Gasteiger partial charge on any atom is 0.269 e. The molecular weight excluding hydrogens is 196 g/mol. The molecule has 5 heteroatoms. The smallest absolute Gasteiger partial charge is 0.269 e. The van der Waals surface area contributed by atoms with E-state index in [-0.39, 0.29) is 5.69 Å². The number of nitrogens with two attached hydrogens (primary N) is 1. The number of non-ortho nitro benzene ring substituents is 1. The molecule has 0 bridgehead atoms. The summed E-state index contributed by atoms with van der Waals surface area (Å²) in [4.78, 5) is 10.0. The lowest BCUT2D eigenvalue weighted by Crippen LogP contribution is -2.04. The van der Waals surface area contributed by atoms with E-state index < -0.39 is 11.0 Å². The van der Waals surface area contributed by atoms with Gasteiger partial charge >= 0.3 is 0 Å². The largest absolute Gasteiger partial charge is 0.388 e. The number of nitro benzene ring substituents is 1. The summed E-state index contributed by atoms with van der Waals surface area (Å²) < 4.78 is 0. The summed E-state index contributed by atoms with van der Waals surface area (Å²) >= 11 is 0. The Balaban J connectivity index is 2.76. The van der Waals surface area contributed by atoms with Gasteiger partial charge in [0.2, 0.25) is 0 Å². The van der Waals surface area contributed by atoms with Crippen molar-refractivity contribution < 1.29 is 10.0 Å². The Morgan fingerprint density at radius 1 is 1.53 bits per heavy atom. The Hall–Kier alpha value is -1.46. The number of hydrogen-bond donors (Lipinski definition) is 2. The molecule has 1 aromatic rings. The van der Waals surface area contributed by atoms with E-state index >= 15 is 0 Å². The van der Waals surface area contributed by atoms with Crippen LogP contribution in [0.3, 0.4) is 0 Å². The predicted molar refractivity (Wildman–Crippen MR) is 56.3 cm³/mol. The van der Waals surface area contributed by atoms with Crippen LogP contribution in [0.15, 0.2) is 24.3 Å². The molecule has 3 N–H and O–H groups in total. The molecule has 0 spiro atoms. The zero-order valence-corrected chi connectivity index (χ0v) is 8.30. The summed E-state index contributed by atoms with van der Waals surface area (Å²) in [6.07, 6.45) is 0.551. The molecule has 0 aromatic heterocycles. The second kappa shape index (κ2) is 5.43. The van der Waals surface area contributed by atoms with Crippen LogP contribution in [0.25, 0.3) is 0 Å². The Morgan fingerprint density at radius 2 is 2.27 bits per heavy atom. The van der Waals surface area contributed by atoms with Crippen LogP contribution < -0.4 is 5.73 Å². The van der Waals surface area contributed by atoms with Gasteiger partial charge in [-0.2, -0.15) is 0 Å². The number of hydrogen-bond acceptors (Lipinski definition) is 4. The van der Waals surface area contributed by atoms with Gasteiger partial charge in [-0.3, -0.25) is 10.1 Å². The average molecular weight is 210 g/mol. The van der Waals surface area contributed by atoms with E-state index in [1.165, 1.54) is 12.1 Å². The van der Waals surface area contributed by atoms with Crippen LogP contribution in [-0.4, -0.2) is 16.6 Å². The second-order valence-electron chi connectivity index (χ2n) is 3.30. The molecule has 0 aliphatic carbocycles. The number of nitro groups is 1. The second-order valence-corrected chi connectivity index (χ2v) is 3.30. The minimum absolute atomic E-state index is 0.000650. The zero-order chi connectivity index (χ0) is 11.3. The first-order valence-electron chi connectivity index (χ1n) is 4.77. The van der Waals surface area contributed by atoms with Gasteiger partial charge < -0.3 is 10.8 Å². The maximum atomic E-state index is 10.5. The highest BCUT2D eigenvalue weighted by molar-refractivity contribution is 5.35. The van der Waals surface area contributed by atoms with Crippen molar-refractivity contribution in [3.63, 3.8) is 0 Å². The van der Waals surface area contributed by atoms with E-state index in [1.54, 1.807) is 12.1 Å². The first-order valence-corrected chi connectivity index (χ1v) is 4.77. The van der Waals surface area contributed by atoms with Crippen molar-refractivity contribution in [3.05, 3.63) is 39.9 Å². The molecule has 1 atom stereocenters. The van der Waals surface area contributed by atoms with Crippen LogP contribution in [-0.2, 0) is 0 Å². The minimum atomic E-state index is -0.673. The lowest BCUT2D eigenvalue weighted by molar-refractivity contribution is -0.385. The summed E-state index contributed by atoms with van der Waals surface area (Å²) in [6, 6.07) is 6.04. The molecule has 82 valence electrons. The topological polar surface area (TPSA) is 89.4 Å². The van der Waals surface area contributed by atoms with Crippen molar-refractivity contribution in [3.8, 4) is 0 Å². The molecular formula is C10H14N2O3. The molecule has 1 unspecified atom stereocenters. The summed E-state index contributed by atoms with van der Waals surface area (Å²) in [5, 5.41) is 20.2. The molecule has 0 aliphatic rings. The molecule has 0 saturated carbocycles. The first-order chi connectivity index (χ1) is 7.15. The van der Waals surface area contributed by atoms with E-state index in [4.69, 9.17) is 5.73 Å². The Bertz CT molecular complexity index is 341. The molecule has 1 rings (SSSR count). The van der Waals surface area contributed by atoms with E-state index in [0.717, 1.165) is 0 Å². The highest BCUT2D eigenvalue weighted by Gasteiger charge is 2.11. The van der Waals surface area contributed by atoms with Gasteiger partial charge in [0.1, 0.15) is 0 Å². The highest BCUT2D eigenvalue weighted by atomic mass is 16.6. The van der Waals surface area contributed by atoms with E-state index in [9.17, 15) is 15.2 Å².